The van der Waals surface area contributed by atoms with Crippen molar-refractivity contribution < 1.29 is 4.39 Å². The summed E-state index contributed by atoms with van der Waals surface area (Å²) >= 11 is 5.75. The van der Waals surface area contributed by atoms with E-state index in [1.54, 1.807) is 0 Å². The van der Waals surface area contributed by atoms with Crippen LogP contribution >= 0.6 is 12.2 Å². The van der Waals surface area contributed by atoms with E-state index in [1.807, 2.05) is 24.3 Å². The summed E-state index contributed by atoms with van der Waals surface area (Å²) in [7, 11) is 0. The van der Waals surface area contributed by atoms with Gasteiger partial charge in [0, 0.05) is 18.3 Å². The molecule has 0 spiro atoms. The lowest BCUT2D eigenvalue weighted by atomic mass is 9.94. The Morgan fingerprint density at radius 3 is 2.52 bits per heavy atom. The van der Waals surface area contributed by atoms with Crippen molar-refractivity contribution in [3.05, 3.63) is 65.5 Å². The maximum Gasteiger partial charge on any atom is 0.173 e. The molecule has 0 bridgehead atoms. The fraction of sp³-hybridized carbons (Fsp3) is 0.381. The topological polar surface area (TPSA) is 15.3 Å². The average Bonchev–Trinajstić information content (AvgIpc) is 2.62. The Kier molecular flexibility index (Phi) is 6.03. The zero-order valence-electron chi connectivity index (χ0n) is 14.7. The Hall–Kier alpha value is -1.94. The lowest BCUT2D eigenvalue weighted by molar-refractivity contribution is 0.240. The quantitative estimate of drug-likeness (QED) is 0.711. The standard InChI is InChI=1S/C21H25FN2S/c1-16-6-5-7-19(14-16)23-21(25)24(20-8-3-2-4-9-20)15-17-10-12-18(22)13-11-17/h5-7,10-14,20H,2-4,8-9,15H2,1H3,(H,23,25). The Balaban J connectivity index is 1.76. The first-order chi connectivity index (χ1) is 12.1. The van der Waals surface area contributed by atoms with E-state index < -0.39 is 0 Å². The maximum absolute atomic E-state index is 13.2. The molecule has 2 aromatic rings. The molecule has 0 heterocycles. The first kappa shape index (κ1) is 17.9. The molecule has 4 heteroatoms. The van der Waals surface area contributed by atoms with Crippen molar-refractivity contribution >= 4 is 23.0 Å². The number of anilines is 1. The van der Waals surface area contributed by atoms with Crippen LogP contribution < -0.4 is 5.32 Å². The van der Waals surface area contributed by atoms with Gasteiger partial charge in [-0.2, -0.15) is 0 Å². The van der Waals surface area contributed by atoms with Crippen molar-refractivity contribution in [2.24, 2.45) is 0 Å². The van der Waals surface area contributed by atoms with Crippen LogP contribution in [0.15, 0.2) is 48.5 Å². The van der Waals surface area contributed by atoms with Crippen LogP contribution in [0.1, 0.15) is 43.2 Å². The van der Waals surface area contributed by atoms with Crippen LogP contribution in [0.3, 0.4) is 0 Å². The Labute approximate surface area is 155 Å². The van der Waals surface area contributed by atoms with Gasteiger partial charge in [-0.15, -0.1) is 0 Å². The van der Waals surface area contributed by atoms with Crippen LogP contribution in [0.4, 0.5) is 10.1 Å². The van der Waals surface area contributed by atoms with E-state index in [-0.39, 0.29) is 5.82 Å². The van der Waals surface area contributed by atoms with Gasteiger partial charge in [0.2, 0.25) is 0 Å². The van der Waals surface area contributed by atoms with E-state index in [2.05, 4.69) is 29.3 Å². The Morgan fingerprint density at radius 1 is 1.12 bits per heavy atom. The van der Waals surface area contributed by atoms with E-state index in [0.717, 1.165) is 29.2 Å². The molecule has 2 nitrogen and oxygen atoms in total. The van der Waals surface area contributed by atoms with Crippen molar-refractivity contribution in [1.82, 2.24) is 4.90 Å². The summed E-state index contributed by atoms with van der Waals surface area (Å²) in [6.07, 6.45) is 6.13. The summed E-state index contributed by atoms with van der Waals surface area (Å²) < 4.78 is 13.2. The summed E-state index contributed by atoms with van der Waals surface area (Å²) in [6, 6.07) is 15.4. The number of hydrogen-bond acceptors (Lipinski definition) is 1. The van der Waals surface area contributed by atoms with Gasteiger partial charge in [0.15, 0.2) is 5.11 Å². The van der Waals surface area contributed by atoms with Crippen LogP contribution in [0.25, 0.3) is 0 Å². The monoisotopic (exact) mass is 356 g/mol. The highest BCUT2D eigenvalue weighted by Gasteiger charge is 2.23. The number of nitrogens with one attached hydrogen (secondary N) is 1. The van der Waals surface area contributed by atoms with Crippen molar-refractivity contribution in [1.29, 1.82) is 0 Å². The average molecular weight is 357 g/mol. The molecule has 0 unspecified atom stereocenters. The number of hydrogen-bond donors (Lipinski definition) is 1. The fourth-order valence-electron chi connectivity index (χ4n) is 3.46. The molecule has 1 aliphatic carbocycles. The van der Waals surface area contributed by atoms with Gasteiger partial charge in [-0.1, -0.05) is 43.5 Å². The molecule has 1 saturated carbocycles. The molecule has 1 N–H and O–H groups in total. The van der Waals surface area contributed by atoms with Crippen LogP contribution in [0.2, 0.25) is 0 Å². The van der Waals surface area contributed by atoms with E-state index in [0.29, 0.717) is 12.6 Å². The summed E-state index contributed by atoms with van der Waals surface area (Å²) in [5, 5.41) is 4.15. The van der Waals surface area contributed by atoms with E-state index in [1.165, 1.54) is 37.0 Å². The highest BCUT2D eigenvalue weighted by molar-refractivity contribution is 7.80. The Bertz CT molecular complexity index is 708. The summed E-state index contributed by atoms with van der Waals surface area (Å²) in [4.78, 5) is 2.28. The van der Waals surface area contributed by atoms with Crippen LogP contribution in [0.5, 0.6) is 0 Å². The Morgan fingerprint density at radius 2 is 1.84 bits per heavy atom. The number of aryl methyl sites for hydroxylation is 1. The molecule has 1 aliphatic rings. The van der Waals surface area contributed by atoms with Crippen LogP contribution in [-0.2, 0) is 6.54 Å². The minimum Gasteiger partial charge on any atom is -0.342 e. The SMILES string of the molecule is Cc1cccc(NC(=S)N(Cc2ccc(F)cc2)C2CCCCC2)c1. The fourth-order valence-corrected chi connectivity index (χ4v) is 3.80. The highest BCUT2D eigenvalue weighted by Crippen LogP contribution is 2.25. The predicted molar refractivity (Wildman–Crippen MR) is 106 cm³/mol. The van der Waals surface area contributed by atoms with Gasteiger partial charge >= 0.3 is 0 Å². The molecule has 0 amide bonds. The molecule has 0 radical (unpaired) electrons. The number of thiocarbonyl (C=S) groups is 1. The summed E-state index contributed by atoms with van der Waals surface area (Å²) in [6.45, 7) is 2.79. The van der Waals surface area contributed by atoms with Crippen molar-refractivity contribution in [3.8, 4) is 0 Å². The minimum atomic E-state index is -0.201. The van der Waals surface area contributed by atoms with Gasteiger partial charge in [-0.05, 0) is 67.4 Å². The third-order valence-electron chi connectivity index (χ3n) is 4.81. The molecule has 0 atom stereocenters. The largest absolute Gasteiger partial charge is 0.342 e. The van der Waals surface area contributed by atoms with Crippen molar-refractivity contribution in [2.45, 2.75) is 51.6 Å². The molecule has 3 rings (SSSR count). The smallest absolute Gasteiger partial charge is 0.173 e. The molecule has 0 saturated heterocycles. The molecule has 2 aromatic carbocycles. The second-order valence-corrected chi connectivity index (χ2v) is 7.23. The van der Waals surface area contributed by atoms with E-state index >= 15 is 0 Å². The zero-order valence-corrected chi connectivity index (χ0v) is 15.5. The number of benzene rings is 2. The van der Waals surface area contributed by atoms with Crippen molar-refractivity contribution in [3.63, 3.8) is 0 Å². The highest BCUT2D eigenvalue weighted by atomic mass is 32.1. The minimum absolute atomic E-state index is 0.201. The summed E-state index contributed by atoms with van der Waals surface area (Å²) in [5.41, 5.74) is 3.31. The normalized spacial score (nSPS) is 15.0. The second kappa shape index (κ2) is 8.43. The van der Waals surface area contributed by atoms with Crippen molar-refractivity contribution in [2.75, 3.05) is 5.32 Å². The molecular weight excluding hydrogens is 331 g/mol. The van der Waals surface area contributed by atoms with Gasteiger partial charge in [-0.3, -0.25) is 0 Å². The third kappa shape index (κ3) is 5.02. The third-order valence-corrected chi connectivity index (χ3v) is 5.15. The summed E-state index contributed by atoms with van der Waals surface area (Å²) in [5.74, 6) is -0.201. The van der Waals surface area contributed by atoms with Gasteiger partial charge in [0.1, 0.15) is 5.82 Å². The number of halogens is 1. The molecule has 0 aliphatic heterocycles. The lowest BCUT2D eigenvalue weighted by Gasteiger charge is -2.36. The second-order valence-electron chi connectivity index (χ2n) is 6.85. The first-order valence-electron chi connectivity index (χ1n) is 9.00. The number of nitrogens with zero attached hydrogens (tertiary/aromatic N) is 1. The molecule has 0 aromatic heterocycles. The number of rotatable bonds is 4. The predicted octanol–water partition coefficient (Wildman–Crippen LogP) is 5.67. The van der Waals surface area contributed by atoms with Gasteiger partial charge in [-0.25, -0.2) is 4.39 Å². The molecule has 1 fully saturated rings. The van der Waals surface area contributed by atoms with Gasteiger partial charge in [0.05, 0.1) is 0 Å². The van der Waals surface area contributed by atoms with Crippen LogP contribution in [-0.4, -0.2) is 16.1 Å². The van der Waals surface area contributed by atoms with Crippen LogP contribution in [0, 0.1) is 12.7 Å². The van der Waals surface area contributed by atoms with Gasteiger partial charge < -0.3 is 10.2 Å². The first-order valence-corrected chi connectivity index (χ1v) is 9.41. The zero-order chi connectivity index (χ0) is 17.6. The lowest BCUT2D eigenvalue weighted by Crippen LogP contribution is -2.43. The molecular formula is C21H25FN2S. The van der Waals surface area contributed by atoms with Gasteiger partial charge in [0.25, 0.3) is 0 Å². The molecule has 25 heavy (non-hydrogen) atoms. The maximum atomic E-state index is 13.2. The van der Waals surface area contributed by atoms with E-state index in [9.17, 15) is 4.39 Å². The van der Waals surface area contributed by atoms with E-state index in [4.69, 9.17) is 12.2 Å². The molecule has 132 valence electrons.